The summed E-state index contributed by atoms with van der Waals surface area (Å²) in [4.78, 5) is 30.9. The SMILES string of the molecule is CCCC1CCC(c2ccc(-c3ccc4c(-c5c(OC(=O)c6cccc7c(C8CCC(CCC)CC8)cccc67)ccc6cc(-c7ccc(C8CCC(CCC)CC8)cc7)ccc56)c(OC(=O)c5cccc6c(C7CCC(CCC)CC7)cccc56)ccc4c3)cc2)CC1. The molecule has 0 N–H and O–H groups in total. The molecule has 4 nitrogen and oxygen atoms in total. The van der Waals surface area contributed by atoms with Gasteiger partial charge in [0.25, 0.3) is 0 Å². The average molecular weight is 1240 g/mol. The van der Waals surface area contributed by atoms with Crippen molar-refractivity contribution in [1.29, 1.82) is 0 Å². The third kappa shape index (κ3) is 13.4. The van der Waals surface area contributed by atoms with E-state index < -0.39 is 11.9 Å². The van der Waals surface area contributed by atoms with Crippen LogP contribution in [0.4, 0.5) is 0 Å². The van der Waals surface area contributed by atoms with Crippen molar-refractivity contribution in [3.8, 4) is 44.9 Å². The number of carbonyl (C=O) groups is 2. The molecule has 0 bridgehead atoms. The second-order valence-electron chi connectivity index (χ2n) is 29.3. The fourth-order valence-corrected chi connectivity index (χ4v) is 18.3. The predicted octanol–water partition coefficient (Wildman–Crippen LogP) is 26.0. The van der Waals surface area contributed by atoms with Crippen molar-refractivity contribution in [2.75, 3.05) is 0 Å². The molecule has 4 aliphatic carbocycles. The summed E-state index contributed by atoms with van der Waals surface area (Å²) >= 11 is 0. The Labute approximate surface area is 560 Å². The maximum atomic E-state index is 15.5. The summed E-state index contributed by atoms with van der Waals surface area (Å²) in [7, 11) is 0. The molecule has 482 valence electrons. The van der Waals surface area contributed by atoms with Gasteiger partial charge in [-0.25, -0.2) is 9.59 Å². The van der Waals surface area contributed by atoms with E-state index in [2.05, 4.69) is 173 Å². The van der Waals surface area contributed by atoms with Crippen LogP contribution in [-0.2, 0) is 0 Å². The molecule has 4 saturated carbocycles. The molecule has 0 aliphatic heterocycles. The second-order valence-corrected chi connectivity index (χ2v) is 29.3. The smallest absolute Gasteiger partial charge is 0.344 e. The van der Waals surface area contributed by atoms with Gasteiger partial charge in [0.2, 0.25) is 0 Å². The van der Waals surface area contributed by atoms with E-state index in [1.807, 2.05) is 36.4 Å². The summed E-state index contributed by atoms with van der Waals surface area (Å²) in [5.74, 6) is 5.42. The van der Waals surface area contributed by atoms with Gasteiger partial charge in [-0.15, -0.1) is 0 Å². The first-order valence-corrected chi connectivity index (χ1v) is 37.0. The number of benzene rings is 10. The summed E-state index contributed by atoms with van der Waals surface area (Å²) in [5.41, 5.74) is 12.6. The first kappa shape index (κ1) is 63.6. The summed E-state index contributed by atoms with van der Waals surface area (Å²) < 4.78 is 13.9. The molecule has 94 heavy (non-hydrogen) atoms. The fourth-order valence-electron chi connectivity index (χ4n) is 18.3. The van der Waals surface area contributed by atoms with E-state index in [0.29, 0.717) is 57.4 Å². The monoisotopic (exact) mass is 1240 g/mol. The molecule has 0 spiro atoms. The third-order valence-electron chi connectivity index (χ3n) is 23.5. The van der Waals surface area contributed by atoms with Crippen molar-refractivity contribution in [2.24, 2.45) is 23.7 Å². The van der Waals surface area contributed by atoms with Gasteiger partial charge < -0.3 is 9.47 Å². The Bertz CT molecular complexity index is 4010. The summed E-state index contributed by atoms with van der Waals surface area (Å²) in [6.07, 6.45) is 30.3. The quantitative estimate of drug-likeness (QED) is 0.0598. The van der Waals surface area contributed by atoms with E-state index >= 15 is 9.59 Å². The molecule has 10 aromatic rings. The minimum atomic E-state index is -0.422. The van der Waals surface area contributed by atoms with E-state index in [-0.39, 0.29) is 0 Å². The lowest BCUT2D eigenvalue weighted by Crippen LogP contribution is -2.14. The average Bonchev–Trinajstić information content (AvgIpc) is 0.752. The Morgan fingerprint density at radius 2 is 0.628 bits per heavy atom. The predicted molar refractivity (Wildman–Crippen MR) is 394 cm³/mol. The Morgan fingerprint density at radius 3 is 0.979 bits per heavy atom. The molecule has 10 aromatic carbocycles. The molecule has 14 rings (SSSR count). The van der Waals surface area contributed by atoms with Crippen LogP contribution in [0, 0.1) is 23.7 Å². The molecule has 4 fully saturated rings. The van der Waals surface area contributed by atoms with Gasteiger partial charge in [0, 0.05) is 11.1 Å². The van der Waals surface area contributed by atoms with Crippen molar-refractivity contribution < 1.29 is 19.1 Å². The summed E-state index contributed by atoms with van der Waals surface area (Å²) in [6, 6.07) is 65.5. The Morgan fingerprint density at radius 1 is 0.309 bits per heavy atom. The van der Waals surface area contributed by atoms with Crippen LogP contribution in [-0.4, -0.2) is 11.9 Å². The van der Waals surface area contributed by atoms with E-state index in [9.17, 15) is 0 Å². The minimum Gasteiger partial charge on any atom is -0.422 e. The van der Waals surface area contributed by atoms with Crippen LogP contribution in [0.1, 0.15) is 248 Å². The number of rotatable bonds is 19. The van der Waals surface area contributed by atoms with Crippen LogP contribution >= 0.6 is 0 Å². The Balaban J connectivity index is 0.880. The van der Waals surface area contributed by atoms with Crippen LogP contribution in [0.15, 0.2) is 182 Å². The molecule has 0 atom stereocenters. The molecule has 0 unspecified atom stereocenters. The maximum absolute atomic E-state index is 15.5. The van der Waals surface area contributed by atoms with E-state index in [1.54, 1.807) is 0 Å². The fraction of sp³-hybridized carbons (Fsp3) is 0.400. The van der Waals surface area contributed by atoms with Crippen molar-refractivity contribution in [3.05, 3.63) is 215 Å². The highest BCUT2D eigenvalue weighted by atomic mass is 16.5. The van der Waals surface area contributed by atoms with E-state index in [0.717, 1.165) is 89.0 Å². The number of hydrogen-bond acceptors (Lipinski definition) is 4. The third-order valence-corrected chi connectivity index (χ3v) is 23.5. The zero-order valence-corrected chi connectivity index (χ0v) is 56.5. The molecule has 4 heteroatoms. The lowest BCUT2D eigenvalue weighted by Gasteiger charge is -2.29. The molecular weight excluding hydrogens is 1140 g/mol. The summed E-state index contributed by atoms with van der Waals surface area (Å²) in [6.45, 7) is 9.24. The largest absolute Gasteiger partial charge is 0.422 e. The van der Waals surface area contributed by atoms with Gasteiger partial charge >= 0.3 is 11.9 Å². The second kappa shape index (κ2) is 29.0. The van der Waals surface area contributed by atoms with E-state index in [4.69, 9.17) is 9.47 Å². The molecule has 0 aromatic heterocycles. The molecule has 0 heterocycles. The zero-order chi connectivity index (χ0) is 64.1. The Hall–Kier alpha value is -7.82. The van der Waals surface area contributed by atoms with Crippen LogP contribution in [0.2, 0.25) is 0 Å². The number of fused-ring (bicyclic) bond motifs is 4. The number of ether oxygens (including phenoxy) is 2. The molecule has 0 saturated heterocycles. The number of carbonyl (C=O) groups excluding carboxylic acids is 2. The highest BCUT2D eigenvalue weighted by Crippen LogP contribution is 2.50. The number of esters is 2. The zero-order valence-electron chi connectivity index (χ0n) is 56.5. The maximum Gasteiger partial charge on any atom is 0.344 e. The molecular formula is C90H98O4. The molecule has 0 amide bonds. The van der Waals surface area contributed by atoms with Gasteiger partial charge in [0.15, 0.2) is 0 Å². The topological polar surface area (TPSA) is 52.6 Å². The normalized spacial score (nSPS) is 21.8. The van der Waals surface area contributed by atoms with Gasteiger partial charge in [-0.1, -0.05) is 225 Å². The lowest BCUT2D eigenvalue weighted by atomic mass is 9.76. The van der Waals surface area contributed by atoms with Crippen molar-refractivity contribution in [1.82, 2.24) is 0 Å². The van der Waals surface area contributed by atoms with Gasteiger partial charge in [0.1, 0.15) is 11.5 Å². The van der Waals surface area contributed by atoms with Crippen molar-refractivity contribution in [3.63, 3.8) is 0 Å². The lowest BCUT2D eigenvalue weighted by molar-refractivity contribution is 0.0725. The van der Waals surface area contributed by atoms with E-state index in [1.165, 1.54) is 176 Å². The van der Waals surface area contributed by atoms with Crippen LogP contribution in [0.5, 0.6) is 11.5 Å². The molecule has 4 aliphatic rings. The number of hydrogen-bond donors (Lipinski definition) is 0. The Kier molecular flexibility index (Phi) is 19.6. The van der Waals surface area contributed by atoms with Gasteiger partial charge in [-0.2, -0.15) is 0 Å². The van der Waals surface area contributed by atoms with Crippen LogP contribution in [0.25, 0.3) is 76.5 Å². The highest BCUT2D eigenvalue weighted by Gasteiger charge is 2.30. The van der Waals surface area contributed by atoms with Crippen LogP contribution < -0.4 is 9.47 Å². The first-order valence-electron chi connectivity index (χ1n) is 37.0. The van der Waals surface area contributed by atoms with Gasteiger partial charge in [0.05, 0.1) is 11.1 Å². The summed E-state index contributed by atoms with van der Waals surface area (Å²) in [5, 5.41) is 7.83. The van der Waals surface area contributed by atoms with Crippen LogP contribution in [0.3, 0.4) is 0 Å². The van der Waals surface area contributed by atoms with Gasteiger partial charge in [-0.05, 0) is 274 Å². The standard InChI is InChI=1S/C90H98O4/c1-5-13-59-25-33-63(34-26-59)65-41-45-67(46-42-65)71-49-53-77-73(57-71)51-55-85(93-89(91)83-23-11-19-79-75(17-9-21-81(79)83)69-37-29-61(15-7-3)30-38-69)87(77)88-78-54-50-72(68-47-43-66(44-48-68)64-35-27-60(14-6-2)28-36-64)58-74(78)52-56-86(88)94-90(92)84-24-12-20-80-76(18-10-22-82(80)84)70-39-31-62(16-8-4)32-40-70/h9-12,17-24,41-64,69-70H,5-8,13-16,25-40H2,1-4H3. The molecule has 0 radical (unpaired) electrons. The first-order chi connectivity index (χ1) is 46.2. The highest BCUT2D eigenvalue weighted by molar-refractivity contribution is 6.14. The van der Waals surface area contributed by atoms with Crippen molar-refractivity contribution >= 4 is 55.0 Å². The van der Waals surface area contributed by atoms with Crippen molar-refractivity contribution in [2.45, 2.75) is 205 Å². The minimum absolute atomic E-state index is 0.405. The van der Waals surface area contributed by atoms with Gasteiger partial charge in [-0.3, -0.25) is 0 Å².